The average Bonchev–Trinajstić information content (AvgIpc) is 2.72. The topological polar surface area (TPSA) is 76.3 Å². The molecule has 0 unspecified atom stereocenters. The molecule has 21 heavy (non-hydrogen) atoms. The minimum atomic E-state index is -0.476. The minimum Gasteiger partial charge on any atom is -0.389 e. The third-order valence-corrected chi connectivity index (χ3v) is 3.83. The quantitative estimate of drug-likeness (QED) is 0.655. The van der Waals surface area contributed by atoms with Gasteiger partial charge < -0.3 is 5.73 Å². The highest BCUT2D eigenvalue weighted by molar-refractivity contribution is 9.10. The molecule has 0 atom stereocenters. The van der Waals surface area contributed by atoms with E-state index in [9.17, 15) is 9.59 Å². The van der Waals surface area contributed by atoms with E-state index in [0.717, 1.165) is 9.37 Å². The number of carbonyl (C=O) groups excluding carboxylic acids is 2. The van der Waals surface area contributed by atoms with Gasteiger partial charge >= 0.3 is 0 Å². The second-order valence-corrected chi connectivity index (χ2v) is 5.73. The molecule has 1 aromatic heterocycles. The largest absolute Gasteiger partial charge is 0.389 e. The van der Waals surface area contributed by atoms with Gasteiger partial charge in [-0.1, -0.05) is 28.1 Å². The summed E-state index contributed by atoms with van der Waals surface area (Å²) in [5.74, 6) is -0.904. The number of thiocarbonyl (C=S) groups is 1. The lowest BCUT2D eigenvalue weighted by Gasteiger charge is -2.17. The highest BCUT2D eigenvalue weighted by Gasteiger charge is 2.38. The molecular weight excluding hydrogens is 354 g/mol. The molecule has 2 heterocycles. The number of anilines is 1. The molecular formula is C14H8BrN3O2S. The van der Waals surface area contributed by atoms with Crippen LogP contribution in [0.3, 0.4) is 0 Å². The molecule has 0 spiro atoms. The molecule has 0 radical (unpaired) electrons. The van der Waals surface area contributed by atoms with Crippen molar-refractivity contribution in [2.75, 3.05) is 4.90 Å². The van der Waals surface area contributed by atoms with Gasteiger partial charge in [0.15, 0.2) is 0 Å². The Morgan fingerprint density at radius 3 is 2.67 bits per heavy atom. The number of nitrogens with zero attached hydrogens (tertiary/aromatic N) is 2. The Kier molecular flexibility index (Phi) is 3.30. The molecule has 0 aliphatic carbocycles. The molecule has 3 rings (SSSR count). The molecule has 1 aliphatic heterocycles. The van der Waals surface area contributed by atoms with Crippen LogP contribution in [0, 0.1) is 0 Å². The molecule has 104 valence electrons. The van der Waals surface area contributed by atoms with Crippen LogP contribution in [0.5, 0.6) is 0 Å². The fraction of sp³-hybridized carbons (Fsp3) is 0. The van der Waals surface area contributed by atoms with Crippen LogP contribution >= 0.6 is 28.1 Å². The summed E-state index contributed by atoms with van der Waals surface area (Å²) in [5.41, 5.74) is 6.92. The average molecular weight is 362 g/mol. The van der Waals surface area contributed by atoms with Crippen molar-refractivity contribution < 1.29 is 9.59 Å². The number of hydrogen-bond acceptors (Lipinski definition) is 4. The predicted molar refractivity (Wildman–Crippen MR) is 85.4 cm³/mol. The maximum Gasteiger partial charge on any atom is 0.284 e. The summed E-state index contributed by atoms with van der Waals surface area (Å²) in [7, 11) is 0. The van der Waals surface area contributed by atoms with E-state index in [4.69, 9.17) is 18.0 Å². The zero-order valence-corrected chi connectivity index (χ0v) is 12.9. The van der Waals surface area contributed by atoms with Crippen molar-refractivity contribution in [2.45, 2.75) is 0 Å². The van der Waals surface area contributed by atoms with Crippen molar-refractivity contribution in [2.24, 2.45) is 5.73 Å². The first-order valence-electron chi connectivity index (χ1n) is 5.94. The first-order valence-corrected chi connectivity index (χ1v) is 7.14. The van der Waals surface area contributed by atoms with Gasteiger partial charge in [0.05, 0.1) is 11.3 Å². The molecule has 1 aromatic carbocycles. The fourth-order valence-electron chi connectivity index (χ4n) is 2.19. The standard InChI is InChI=1S/C14H8BrN3O2S/c15-7-3-4-10(9(6-7)12(16)21)18-13(19)8-2-1-5-17-11(8)14(18)20/h1-6H,(H2,16,21). The molecule has 0 bridgehead atoms. The van der Waals surface area contributed by atoms with Crippen LogP contribution < -0.4 is 10.6 Å². The maximum absolute atomic E-state index is 12.4. The number of carbonyl (C=O) groups is 2. The Morgan fingerprint density at radius 2 is 2.00 bits per heavy atom. The molecule has 0 fully saturated rings. The number of pyridine rings is 1. The van der Waals surface area contributed by atoms with Crippen LogP contribution in [-0.4, -0.2) is 21.8 Å². The maximum atomic E-state index is 12.4. The lowest BCUT2D eigenvalue weighted by molar-refractivity contribution is 0.0924. The summed E-state index contributed by atoms with van der Waals surface area (Å²) in [6.45, 7) is 0. The summed E-state index contributed by atoms with van der Waals surface area (Å²) in [6, 6.07) is 8.20. The minimum absolute atomic E-state index is 0.107. The van der Waals surface area contributed by atoms with Crippen molar-refractivity contribution in [3.05, 3.63) is 57.8 Å². The zero-order valence-electron chi connectivity index (χ0n) is 10.5. The first-order chi connectivity index (χ1) is 10.0. The summed E-state index contributed by atoms with van der Waals surface area (Å²) < 4.78 is 0.754. The molecule has 1 aliphatic rings. The lowest BCUT2D eigenvalue weighted by Crippen LogP contribution is -2.31. The third-order valence-electron chi connectivity index (χ3n) is 3.11. The molecule has 0 saturated carbocycles. The van der Waals surface area contributed by atoms with Gasteiger partial charge in [-0.15, -0.1) is 0 Å². The fourth-order valence-corrected chi connectivity index (χ4v) is 2.71. The second-order valence-electron chi connectivity index (χ2n) is 4.37. The molecule has 2 aromatic rings. The van der Waals surface area contributed by atoms with Crippen molar-refractivity contribution in [3.63, 3.8) is 0 Å². The van der Waals surface area contributed by atoms with Gasteiger partial charge in [-0.3, -0.25) is 14.6 Å². The Hall–Kier alpha value is -2.12. The van der Waals surface area contributed by atoms with Gasteiger partial charge in [0, 0.05) is 16.2 Å². The van der Waals surface area contributed by atoms with Gasteiger partial charge in [0.25, 0.3) is 11.8 Å². The monoisotopic (exact) mass is 361 g/mol. The Bertz CT molecular complexity index is 772. The van der Waals surface area contributed by atoms with Crippen LogP contribution in [-0.2, 0) is 0 Å². The number of aromatic nitrogens is 1. The third kappa shape index (κ3) is 2.14. The number of rotatable bonds is 2. The summed E-state index contributed by atoms with van der Waals surface area (Å²) in [5, 5.41) is 0. The van der Waals surface area contributed by atoms with Crippen molar-refractivity contribution in [1.82, 2.24) is 4.98 Å². The summed E-state index contributed by atoms with van der Waals surface area (Å²) in [4.78, 5) is 30.0. The van der Waals surface area contributed by atoms with Gasteiger partial charge in [0.1, 0.15) is 10.7 Å². The normalized spacial score (nSPS) is 13.5. The van der Waals surface area contributed by atoms with E-state index >= 15 is 0 Å². The smallest absolute Gasteiger partial charge is 0.284 e. The Balaban J connectivity index is 2.18. The van der Waals surface area contributed by atoms with Gasteiger partial charge in [-0.2, -0.15) is 0 Å². The van der Waals surface area contributed by atoms with Crippen molar-refractivity contribution in [1.29, 1.82) is 0 Å². The summed E-state index contributed by atoms with van der Waals surface area (Å²) >= 11 is 8.32. The van der Waals surface area contributed by atoms with Crippen LogP contribution in [0.1, 0.15) is 26.4 Å². The van der Waals surface area contributed by atoms with Gasteiger partial charge in [0.2, 0.25) is 0 Å². The lowest BCUT2D eigenvalue weighted by atomic mass is 10.1. The molecule has 2 amide bonds. The number of hydrogen-bond donors (Lipinski definition) is 1. The van der Waals surface area contributed by atoms with Crippen LogP contribution in [0.4, 0.5) is 5.69 Å². The van der Waals surface area contributed by atoms with Crippen LogP contribution in [0.25, 0.3) is 0 Å². The van der Waals surface area contributed by atoms with E-state index in [0.29, 0.717) is 11.3 Å². The Morgan fingerprint density at radius 1 is 1.24 bits per heavy atom. The highest BCUT2D eigenvalue weighted by atomic mass is 79.9. The van der Waals surface area contributed by atoms with Gasteiger partial charge in [-0.05, 0) is 30.3 Å². The number of halogens is 1. The van der Waals surface area contributed by atoms with Gasteiger partial charge in [-0.25, -0.2) is 4.90 Å². The highest BCUT2D eigenvalue weighted by Crippen LogP contribution is 2.31. The predicted octanol–water partition coefficient (Wildman–Crippen LogP) is 2.28. The van der Waals surface area contributed by atoms with Crippen LogP contribution in [0.2, 0.25) is 0 Å². The van der Waals surface area contributed by atoms with Crippen molar-refractivity contribution >= 4 is 50.6 Å². The SMILES string of the molecule is NC(=S)c1cc(Br)ccc1N1C(=O)c2cccnc2C1=O. The van der Waals surface area contributed by atoms with E-state index in [1.54, 1.807) is 30.3 Å². The molecule has 7 heteroatoms. The van der Waals surface area contributed by atoms with E-state index in [1.165, 1.54) is 6.20 Å². The van der Waals surface area contributed by atoms with E-state index in [-0.39, 0.29) is 16.2 Å². The molecule has 2 N–H and O–H groups in total. The van der Waals surface area contributed by atoms with Crippen LogP contribution in [0.15, 0.2) is 41.0 Å². The number of benzene rings is 1. The Labute approximate surface area is 133 Å². The zero-order chi connectivity index (χ0) is 15.1. The number of imide groups is 1. The number of fused-ring (bicyclic) bond motifs is 1. The van der Waals surface area contributed by atoms with Crippen molar-refractivity contribution in [3.8, 4) is 0 Å². The first kappa shape index (κ1) is 13.8. The number of amides is 2. The van der Waals surface area contributed by atoms with E-state index in [2.05, 4.69) is 20.9 Å². The van der Waals surface area contributed by atoms with E-state index < -0.39 is 11.8 Å². The summed E-state index contributed by atoms with van der Waals surface area (Å²) in [6.07, 6.45) is 1.48. The number of nitrogens with two attached hydrogens (primary N) is 1. The second kappa shape index (κ2) is 5.01. The van der Waals surface area contributed by atoms with E-state index in [1.807, 2.05) is 0 Å². The molecule has 0 saturated heterocycles. The molecule has 5 nitrogen and oxygen atoms in total.